The SMILES string of the molecule is Cl.NCC1CCN(S(=O)(=O)c2cc(Br)ccc2[N+](=O)[O-])C1. The number of nitrogens with zero attached hydrogens (tertiary/aromatic N) is 2. The highest BCUT2D eigenvalue weighted by molar-refractivity contribution is 9.10. The molecule has 7 nitrogen and oxygen atoms in total. The van der Waals surface area contributed by atoms with E-state index in [1.54, 1.807) is 0 Å². The van der Waals surface area contributed by atoms with Crippen LogP contribution in [0.5, 0.6) is 0 Å². The lowest BCUT2D eigenvalue weighted by atomic mass is 10.1. The van der Waals surface area contributed by atoms with E-state index in [-0.39, 0.29) is 23.2 Å². The van der Waals surface area contributed by atoms with Crippen LogP contribution in [0, 0.1) is 16.0 Å². The highest BCUT2D eigenvalue weighted by Crippen LogP contribution is 2.32. The van der Waals surface area contributed by atoms with Crippen molar-refractivity contribution in [2.24, 2.45) is 11.7 Å². The van der Waals surface area contributed by atoms with Gasteiger partial charge in [-0.15, -0.1) is 12.4 Å². The molecule has 0 saturated carbocycles. The van der Waals surface area contributed by atoms with Gasteiger partial charge in [0, 0.05) is 23.6 Å². The Balaban J connectivity index is 0.00000220. The van der Waals surface area contributed by atoms with Gasteiger partial charge in [-0.3, -0.25) is 10.1 Å². The first-order valence-corrected chi connectivity index (χ1v) is 8.23. The number of sulfonamides is 1. The van der Waals surface area contributed by atoms with Gasteiger partial charge in [-0.05, 0) is 31.0 Å². The Morgan fingerprint density at radius 3 is 2.67 bits per heavy atom. The van der Waals surface area contributed by atoms with E-state index in [9.17, 15) is 18.5 Å². The number of rotatable bonds is 4. The van der Waals surface area contributed by atoms with E-state index < -0.39 is 20.6 Å². The molecule has 21 heavy (non-hydrogen) atoms. The average molecular weight is 401 g/mol. The molecule has 1 aromatic rings. The number of nitrogens with two attached hydrogens (primary N) is 1. The van der Waals surface area contributed by atoms with Gasteiger partial charge < -0.3 is 5.73 Å². The number of benzene rings is 1. The van der Waals surface area contributed by atoms with E-state index in [2.05, 4.69) is 15.9 Å². The van der Waals surface area contributed by atoms with Crippen molar-refractivity contribution >= 4 is 44.0 Å². The zero-order chi connectivity index (χ0) is 14.9. The number of hydrogen-bond donors (Lipinski definition) is 1. The van der Waals surface area contributed by atoms with Crippen molar-refractivity contribution in [2.75, 3.05) is 19.6 Å². The summed E-state index contributed by atoms with van der Waals surface area (Å²) in [6.45, 7) is 1.06. The fourth-order valence-electron chi connectivity index (χ4n) is 2.19. The summed E-state index contributed by atoms with van der Waals surface area (Å²) >= 11 is 3.15. The Morgan fingerprint density at radius 1 is 1.48 bits per heavy atom. The number of hydrogen-bond acceptors (Lipinski definition) is 5. The largest absolute Gasteiger partial charge is 0.330 e. The van der Waals surface area contributed by atoms with Crippen molar-refractivity contribution in [3.63, 3.8) is 0 Å². The molecule has 1 aromatic carbocycles. The predicted molar refractivity (Wildman–Crippen MR) is 84.0 cm³/mol. The second kappa shape index (κ2) is 7.01. The first-order chi connectivity index (χ1) is 9.36. The van der Waals surface area contributed by atoms with Crippen LogP contribution in [-0.2, 0) is 10.0 Å². The first kappa shape index (κ1) is 18.3. The summed E-state index contributed by atoms with van der Waals surface area (Å²) in [5.74, 6) is 0.107. The lowest BCUT2D eigenvalue weighted by Gasteiger charge is -2.16. The fraction of sp³-hybridized carbons (Fsp3) is 0.455. The van der Waals surface area contributed by atoms with Crippen molar-refractivity contribution in [2.45, 2.75) is 11.3 Å². The minimum absolute atomic E-state index is 0. The molecule has 1 heterocycles. The second-order valence-electron chi connectivity index (χ2n) is 4.62. The third kappa shape index (κ3) is 3.72. The number of nitro groups is 1. The zero-order valence-electron chi connectivity index (χ0n) is 10.9. The third-order valence-electron chi connectivity index (χ3n) is 3.32. The zero-order valence-corrected chi connectivity index (χ0v) is 14.2. The molecule has 1 unspecified atom stereocenters. The van der Waals surface area contributed by atoms with Gasteiger partial charge >= 0.3 is 0 Å². The molecule has 1 aliphatic heterocycles. The molecular formula is C11H15BrClN3O4S. The Morgan fingerprint density at radius 2 is 2.14 bits per heavy atom. The summed E-state index contributed by atoms with van der Waals surface area (Å²) in [4.78, 5) is 10.0. The minimum atomic E-state index is -3.87. The summed E-state index contributed by atoms with van der Waals surface area (Å²) in [6.07, 6.45) is 0.678. The molecule has 1 atom stereocenters. The molecule has 0 aliphatic carbocycles. The van der Waals surface area contributed by atoms with Crippen LogP contribution in [0.3, 0.4) is 0 Å². The molecule has 1 fully saturated rings. The molecule has 0 aromatic heterocycles. The molecule has 1 saturated heterocycles. The van der Waals surface area contributed by atoms with Crippen LogP contribution >= 0.6 is 28.3 Å². The minimum Gasteiger partial charge on any atom is -0.330 e. The van der Waals surface area contributed by atoms with E-state index in [0.717, 1.165) is 0 Å². The topological polar surface area (TPSA) is 107 Å². The fourth-order valence-corrected chi connectivity index (χ4v) is 4.42. The van der Waals surface area contributed by atoms with E-state index in [1.807, 2.05) is 0 Å². The Kier molecular flexibility index (Phi) is 6.11. The van der Waals surface area contributed by atoms with Gasteiger partial charge in [0.05, 0.1) is 4.92 Å². The Labute approximate surface area is 137 Å². The molecule has 0 bridgehead atoms. The molecule has 2 N–H and O–H groups in total. The summed E-state index contributed by atoms with van der Waals surface area (Å²) in [6, 6.07) is 3.90. The van der Waals surface area contributed by atoms with Crippen molar-refractivity contribution in [1.29, 1.82) is 0 Å². The maximum Gasteiger partial charge on any atom is 0.289 e. The summed E-state index contributed by atoms with van der Waals surface area (Å²) in [5, 5.41) is 11.0. The van der Waals surface area contributed by atoms with Crippen LogP contribution < -0.4 is 5.73 Å². The molecule has 118 valence electrons. The van der Waals surface area contributed by atoms with Gasteiger partial charge in [-0.1, -0.05) is 15.9 Å². The Bertz CT molecular complexity index is 640. The van der Waals surface area contributed by atoms with Crippen molar-refractivity contribution in [1.82, 2.24) is 4.31 Å². The molecule has 1 aliphatic rings. The van der Waals surface area contributed by atoms with Crippen LogP contribution in [0.2, 0.25) is 0 Å². The third-order valence-corrected chi connectivity index (χ3v) is 5.71. The molecule has 10 heteroatoms. The van der Waals surface area contributed by atoms with E-state index >= 15 is 0 Å². The van der Waals surface area contributed by atoms with Crippen LogP contribution in [0.25, 0.3) is 0 Å². The quantitative estimate of drug-likeness (QED) is 0.612. The van der Waals surface area contributed by atoms with Gasteiger partial charge in [0.15, 0.2) is 4.90 Å². The summed E-state index contributed by atoms with van der Waals surface area (Å²) in [7, 11) is -3.87. The normalized spacial score (nSPS) is 19.2. The lowest BCUT2D eigenvalue weighted by molar-refractivity contribution is -0.387. The predicted octanol–water partition coefficient (Wildman–Crippen LogP) is 1.75. The highest BCUT2D eigenvalue weighted by Gasteiger charge is 2.36. The van der Waals surface area contributed by atoms with Crippen LogP contribution in [0.1, 0.15) is 6.42 Å². The number of nitro benzene ring substituents is 1. The van der Waals surface area contributed by atoms with Gasteiger partial charge in [0.1, 0.15) is 0 Å². The number of halogens is 2. The summed E-state index contributed by atoms with van der Waals surface area (Å²) in [5.41, 5.74) is 5.13. The summed E-state index contributed by atoms with van der Waals surface area (Å²) < 4.78 is 26.8. The van der Waals surface area contributed by atoms with Gasteiger partial charge in [-0.2, -0.15) is 4.31 Å². The van der Waals surface area contributed by atoms with Gasteiger partial charge in [0.25, 0.3) is 5.69 Å². The second-order valence-corrected chi connectivity index (χ2v) is 7.44. The lowest BCUT2D eigenvalue weighted by Crippen LogP contribution is -2.30. The van der Waals surface area contributed by atoms with Crippen molar-refractivity contribution < 1.29 is 13.3 Å². The van der Waals surface area contributed by atoms with E-state index in [1.165, 1.54) is 22.5 Å². The molecular weight excluding hydrogens is 386 g/mol. The van der Waals surface area contributed by atoms with Gasteiger partial charge in [0.2, 0.25) is 10.0 Å². The maximum absolute atomic E-state index is 12.5. The standard InChI is InChI=1S/C11H14BrN3O4S.ClH/c12-9-1-2-10(15(16)17)11(5-9)20(18,19)14-4-3-8(6-13)7-14;/h1-2,5,8H,3-4,6-7,13H2;1H. The molecule has 0 amide bonds. The Hall–Kier alpha value is -0.740. The van der Waals surface area contributed by atoms with Gasteiger partial charge in [-0.25, -0.2) is 8.42 Å². The molecule has 0 spiro atoms. The van der Waals surface area contributed by atoms with E-state index in [4.69, 9.17) is 5.73 Å². The maximum atomic E-state index is 12.5. The average Bonchev–Trinajstić information content (AvgIpc) is 2.87. The van der Waals surface area contributed by atoms with Crippen LogP contribution in [-0.4, -0.2) is 37.3 Å². The highest BCUT2D eigenvalue weighted by atomic mass is 79.9. The molecule has 2 rings (SSSR count). The van der Waals surface area contributed by atoms with Crippen LogP contribution in [0.4, 0.5) is 5.69 Å². The first-order valence-electron chi connectivity index (χ1n) is 6.00. The molecule has 0 radical (unpaired) electrons. The monoisotopic (exact) mass is 399 g/mol. The van der Waals surface area contributed by atoms with E-state index in [0.29, 0.717) is 30.5 Å². The smallest absolute Gasteiger partial charge is 0.289 e. The van der Waals surface area contributed by atoms with Crippen molar-refractivity contribution in [3.05, 3.63) is 32.8 Å². The van der Waals surface area contributed by atoms with Crippen molar-refractivity contribution in [3.8, 4) is 0 Å². The van der Waals surface area contributed by atoms with Crippen LogP contribution in [0.15, 0.2) is 27.6 Å².